The minimum Gasteiger partial charge on any atom is -0.508 e. The van der Waals surface area contributed by atoms with E-state index in [1.165, 1.54) is 4.52 Å². The fourth-order valence-electron chi connectivity index (χ4n) is 2.75. The van der Waals surface area contributed by atoms with Gasteiger partial charge >= 0.3 is 5.69 Å². The topological polar surface area (TPSA) is 101 Å². The van der Waals surface area contributed by atoms with Gasteiger partial charge in [-0.1, -0.05) is 13.3 Å². The van der Waals surface area contributed by atoms with E-state index in [2.05, 4.69) is 42.9 Å². The lowest BCUT2D eigenvalue weighted by Gasteiger charge is -2.05. The first kappa shape index (κ1) is 15.8. The second-order valence-electron chi connectivity index (χ2n) is 5.73. The highest BCUT2D eigenvalue weighted by molar-refractivity contribution is 9.10. The Morgan fingerprint density at radius 2 is 1.96 bits per heavy atom. The van der Waals surface area contributed by atoms with Crippen molar-refractivity contribution >= 4 is 32.7 Å². The van der Waals surface area contributed by atoms with E-state index in [0.717, 1.165) is 12.8 Å². The Hall–Kier alpha value is -2.68. The van der Waals surface area contributed by atoms with Crippen LogP contribution >= 0.6 is 15.9 Å². The third-order valence-corrected chi connectivity index (χ3v) is 4.39. The van der Waals surface area contributed by atoms with Crippen LogP contribution in [0.3, 0.4) is 0 Å². The van der Waals surface area contributed by atoms with E-state index in [-0.39, 0.29) is 11.4 Å². The molecule has 2 N–H and O–H groups in total. The zero-order chi connectivity index (χ0) is 17.6. The highest BCUT2D eigenvalue weighted by Crippen LogP contribution is 2.22. The lowest BCUT2D eigenvalue weighted by Crippen LogP contribution is -2.28. The number of aromatic nitrogens is 6. The van der Waals surface area contributed by atoms with Crippen molar-refractivity contribution in [3.63, 3.8) is 0 Å². The maximum absolute atomic E-state index is 12.9. The van der Waals surface area contributed by atoms with Gasteiger partial charge in [-0.05, 0) is 46.6 Å². The lowest BCUT2D eigenvalue weighted by molar-refractivity contribution is 0.475. The second-order valence-corrected chi connectivity index (χ2v) is 6.48. The summed E-state index contributed by atoms with van der Waals surface area (Å²) in [6, 6.07) is 6.53. The minimum atomic E-state index is -0.271. The average molecular weight is 403 g/mol. The second kappa shape index (κ2) is 5.99. The van der Waals surface area contributed by atoms with Crippen LogP contribution in [0, 0.1) is 0 Å². The number of phenolic OH excluding ortho intramolecular Hbond substituents is 1. The number of unbranched alkanes of at least 4 members (excludes halogenated alkanes) is 1. The molecule has 0 saturated carbocycles. The van der Waals surface area contributed by atoms with Crippen molar-refractivity contribution in [2.75, 3.05) is 0 Å². The Bertz CT molecular complexity index is 1130. The van der Waals surface area contributed by atoms with Crippen molar-refractivity contribution in [2.45, 2.75) is 26.3 Å². The smallest absolute Gasteiger partial charge is 0.352 e. The predicted molar refractivity (Wildman–Crippen MR) is 96.6 cm³/mol. The largest absolute Gasteiger partial charge is 0.508 e. The molecule has 3 aromatic heterocycles. The molecule has 0 aliphatic carbocycles. The van der Waals surface area contributed by atoms with Crippen LogP contribution in [-0.4, -0.2) is 34.2 Å². The molecule has 0 aliphatic heterocycles. The molecule has 0 amide bonds. The van der Waals surface area contributed by atoms with Gasteiger partial charge in [0.25, 0.3) is 0 Å². The van der Waals surface area contributed by atoms with Gasteiger partial charge in [0, 0.05) is 12.1 Å². The summed E-state index contributed by atoms with van der Waals surface area (Å²) in [6.07, 6.45) is 1.83. The number of nitrogens with zero attached hydrogens (tertiary/aromatic N) is 5. The standard InChI is InChI=1S/C16H15BrN6O2/c1-2-3-8-22-13-11(18-15(17)20-13)14-19-12(21-23(14)16(22)25)9-4-6-10(24)7-5-9/h4-7,24H,2-3,8H2,1H3,(H,18,20). The number of hydrogen-bond donors (Lipinski definition) is 2. The van der Waals surface area contributed by atoms with E-state index in [0.29, 0.717) is 39.5 Å². The first-order chi connectivity index (χ1) is 12.1. The fourth-order valence-corrected chi connectivity index (χ4v) is 3.12. The maximum Gasteiger partial charge on any atom is 0.352 e. The first-order valence-corrected chi connectivity index (χ1v) is 8.72. The van der Waals surface area contributed by atoms with Gasteiger partial charge in [-0.3, -0.25) is 4.57 Å². The van der Waals surface area contributed by atoms with Crippen LogP contribution < -0.4 is 5.69 Å². The molecule has 8 nitrogen and oxygen atoms in total. The molecule has 0 aliphatic rings. The van der Waals surface area contributed by atoms with Crippen LogP contribution in [-0.2, 0) is 6.54 Å². The van der Waals surface area contributed by atoms with Gasteiger partial charge in [-0.25, -0.2) is 14.8 Å². The van der Waals surface area contributed by atoms with Crippen molar-refractivity contribution in [1.29, 1.82) is 0 Å². The number of halogens is 1. The van der Waals surface area contributed by atoms with Crippen molar-refractivity contribution in [3.8, 4) is 17.1 Å². The quantitative estimate of drug-likeness (QED) is 0.511. The maximum atomic E-state index is 12.9. The van der Waals surface area contributed by atoms with Gasteiger partial charge in [0.05, 0.1) is 0 Å². The predicted octanol–water partition coefficient (Wildman–Crippen LogP) is 2.70. The molecule has 1 aromatic carbocycles. The van der Waals surface area contributed by atoms with Crippen molar-refractivity contribution in [2.24, 2.45) is 0 Å². The van der Waals surface area contributed by atoms with E-state index in [4.69, 9.17) is 0 Å². The van der Waals surface area contributed by atoms with E-state index < -0.39 is 0 Å². The molecule has 0 fully saturated rings. The number of aromatic amines is 1. The number of fused-ring (bicyclic) bond motifs is 3. The SMILES string of the molecule is CCCCn1c(=O)n2nc(-c3ccc(O)cc3)nc2c2[nH]c(Br)nc21. The number of aryl methyl sites for hydroxylation is 1. The van der Waals surface area contributed by atoms with Crippen molar-refractivity contribution in [1.82, 2.24) is 29.1 Å². The molecule has 0 bridgehead atoms. The molecule has 0 unspecified atom stereocenters. The summed E-state index contributed by atoms with van der Waals surface area (Å²) in [4.78, 5) is 24.9. The summed E-state index contributed by atoms with van der Waals surface area (Å²) in [7, 11) is 0. The fraction of sp³-hybridized carbons (Fsp3) is 0.250. The molecule has 0 radical (unpaired) electrons. The van der Waals surface area contributed by atoms with E-state index in [9.17, 15) is 9.90 Å². The van der Waals surface area contributed by atoms with Gasteiger partial charge in [0.15, 0.2) is 21.9 Å². The highest BCUT2D eigenvalue weighted by atomic mass is 79.9. The van der Waals surface area contributed by atoms with Gasteiger partial charge < -0.3 is 10.1 Å². The summed E-state index contributed by atoms with van der Waals surface area (Å²) >= 11 is 3.33. The van der Waals surface area contributed by atoms with E-state index in [1.54, 1.807) is 28.8 Å². The summed E-state index contributed by atoms with van der Waals surface area (Å²) in [5.41, 5.74) is 2.08. The van der Waals surface area contributed by atoms with Crippen molar-refractivity contribution < 1.29 is 5.11 Å². The molecule has 4 aromatic rings. The highest BCUT2D eigenvalue weighted by Gasteiger charge is 2.18. The molecule has 128 valence electrons. The van der Waals surface area contributed by atoms with Gasteiger partial charge in [0.2, 0.25) is 0 Å². The number of imidazole rings is 1. The third kappa shape index (κ3) is 2.60. The van der Waals surface area contributed by atoms with Gasteiger partial charge in [-0.15, -0.1) is 5.10 Å². The molecular weight excluding hydrogens is 388 g/mol. The van der Waals surface area contributed by atoms with Crippen LogP contribution in [0.25, 0.3) is 28.2 Å². The van der Waals surface area contributed by atoms with Crippen LogP contribution in [0.15, 0.2) is 33.8 Å². The third-order valence-electron chi connectivity index (χ3n) is 4.02. The van der Waals surface area contributed by atoms with Crippen LogP contribution in [0.1, 0.15) is 19.8 Å². The van der Waals surface area contributed by atoms with Crippen molar-refractivity contribution in [3.05, 3.63) is 39.5 Å². The zero-order valence-corrected chi connectivity index (χ0v) is 15.0. The minimum absolute atomic E-state index is 0.161. The Balaban J connectivity index is 2.00. The molecule has 0 atom stereocenters. The summed E-state index contributed by atoms with van der Waals surface area (Å²) < 4.78 is 3.45. The molecule has 25 heavy (non-hydrogen) atoms. The molecular formula is C16H15BrN6O2. The van der Waals surface area contributed by atoms with E-state index in [1.807, 2.05) is 0 Å². The summed E-state index contributed by atoms with van der Waals surface area (Å²) in [6.45, 7) is 2.63. The number of H-pyrrole nitrogens is 1. The average Bonchev–Trinajstić information content (AvgIpc) is 3.19. The summed E-state index contributed by atoms with van der Waals surface area (Å²) in [5.74, 6) is 0.576. The lowest BCUT2D eigenvalue weighted by atomic mass is 10.2. The Labute approximate surface area is 150 Å². The van der Waals surface area contributed by atoms with Crippen LogP contribution in [0.5, 0.6) is 5.75 Å². The van der Waals surface area contributed by atoms with E-state index >= 15 is 0 Å². The van der Waals surface area contributed by atoms with Crippen LogP contribution in [0.2, 0.25) is 0 Å². The number of rotatable bonds is 4. The van der Waals surface area contributed by atoms with Crippen LogP contribution in [0.4, 0.5) is 0 Å². The Morgan fingerprint density at radius 3 is 2.68 bits per heavy atom. The molecule has 9 heteroatoms. The number of nitrogens with one attached hydrogen (secondary N) is 1. The molecule has 0 spiro atoms. The van der Waals surface area contributed by atoms with Gasteiger partial charge in [-0.2, -0.15) is 4.52 Å². The Kier molecular flexibility index (Phi) is 3.79. The summed E-state index contributed by atoms with van der Waals surface area (Å²) in [5, 5.41) is 13.8. The number of phenols is 1. The molecule has 4 rings (SSSR count). The number of benzene rings is 1. The number of aromatic hydroxyl groups is 1. The zero-order valence-electron chi connectivity index (χ0n) is 13.4. The monoisotopic (exact) mass is 402 g/mol. The molecule has 3 heterocycles. The first-order valence-electron chi connectivity index (χ1n) is 7.92. The number of hydrogen-bond acceptors (Lipinski definition) is 5. The Morgan fingerprint density at radius 1 is 1.20 bits per heavy atom. The normalized spacial score (nSPS) is 11.6. The van der Waals surface area contributed by atoms with Gasteiger partial charge in [0.1, 0.15) is 11.3 Å². The molecule has 0 saturated heterocycles.